The number of para-hydroxylation sites is 2. The Hall–Kier alpha value is -1.54. The fraction of sp³-hybridized carbons (Fsp3) is 0.200. The van der Waals surface area contributed by atoms with Gasteiger partial charge in [0.05, 0.1) is 24.7 Å². The van der Waals surface area contributed by atoms with Crippen LogP contribution in [-0.2, 0) is 0 Å². The van der Waals surface area contributed by atoms with Crippen LogP contribution < -0.4 is 5.32 Å². The summed E-state index contributed by atoms with van der Waals surface area (Å²) in [4.78, 5) is 9.58. The van der Waals surface area contributed by atoms with Gasteiger partial charge in [0.25, 0.3) is 0 Å². The molecule has 0 spiro atoms. The van der Waals surface area contributed by atoms with Gasteiger partial charge in [0.15, 0.2) is 8.68 Å². The monoisotopic (exact) mass is 429 g/mol. The van der Waals surface area contributed by atoms with E-state index in [1.807, 2.05) is 12.1 Å². The Bertz CT molecular complexity index is 967. The fourth-order valence-corrected chi connectivity index (χ4v) is 7.37. The lowest BCUT2D eigenvalue weighted by atomic mass is 10.3. The van der Waals surface area contributed by atoms with Crippen LogP contribution in [0.2, 0.25) is 0 Å². The molecule has 3 nitrogen and oxygen atoms in total. The van der Waals surface area contributed by atoms with E-state index in [0.29, 0.717) is 6.04 Å². The van der Waals surface area contributed by atoms with E-state index >= 15 is 0 Å². The summed E-state index contributed by atoms with van der Waals surface area (Å²) in [5.74, 6) is 0. The van der Waals surface area contributed by atoms with E-state index in [1.165, 1.54) is 19.3 Å². The van der Waals surface area contributed by atoms with Gasteiger partial charge in [-0.15, -0.1) is 22.7 Å². The summed E-state index contributed by atoms with van der Waals surface area (Å²) in [5, 5.41) is 3.54. The van der Waals surface area contributed by atoms with Crippen LogP contribution in [0.1, 0.15) is 20.8 Å². The molecule has 0 saturated carbocycles. The molecule has 0 aliphatic rings. The number of rotatable bonds is 6. The minimum absolute atomic E-state index is 0.381. The molecule has 138 valence electrons. The Labute approximate surface area is 175 Å². The number of aromatic nitrogens is 2. The molecule has 7 heteroatoms. The standard InChI is InChI=1S/C20H19N3S4/c1-12(2)21-13(3)18(26-19-22-14-8-4-6-10-16(14)24-19)27-20-23-15-9-5-7-11-17(15)25-20/h4-12,21H,1-3H3. The quantitative estimate of drug-likeness (QED) is 0.335. The Morgan fingerprint density at radius 3 is 1.78 bits per heavy atom. The molecule has 2 aromatic carbocycles. The van der Waals surface area contributed by atoms with Gasteiger partial charge in [-0.2, -0.15) is 0 Å². The number of hydrogen-bond donors (Lipinski definition) is 1. The Morgan fingerprint density at radius 2 is 1.33 bits per heavy atom. The third-order valence-corrected chi connectivity index (χ3v) is 8.40. The van der Waals surface area contributed by atoms with E-state index in [1.54, 1.807) is 46.2 Å². The lowest BCUT2D eigenvalue weighted by molar-refractivity contribution is 0.670. The zero-order chi connectivity index (χ0) is 18.8. The molecule has 0 aliphatic carbocycles. The summed E-state index contributed by atoms with van der Waals surface area (Å²) < 4.78 is 5.76. The van der Waals surface area contributed by atoms with Crippen molar-refractivity contribution in [2.75, 3.05) is 0 Å². The maximum absolute atomic E-state index is 4.79. The Balaban J connectivity index is 1.65. The second kappa shape index (κ2) is 8.22. The predicted octanol–water partition coefficient (Wildman–Crippen LogP) is 6.98. The van der Waals surface area contributed by atoms with Crippen molar-refractivity contribution in [2.24, 2.45) is 0 Å². The fourth-order valence-electron chi connectivity index (χ4n) is 2.61. The van der Waals surface area contributed by atoms with Crippen molar-refractivity contribution in [3.8, 4) is 0 Å². The maximum atomic E-state index is 4.79. The zero-order valence-corrected chi connectivity index (χ0v) is 18.5. The average molecular weight is 430 g/mol. The molecule has 4 aromatic rings. The van der Waals surface area contributed by atoms with Gasteiger partial charge in [0, 0.05) is 11.7 Å². The van der Waals surface area contributed by atoms with Crippen molar-refractivity contribution >= 4 is 66.6 Å². The molecule has 2 aromatic heterocycles. The lowest BCUT2D eigenvalue weighted by Gasteiger charge is -2.14. The smallest absolute Gasteiger partial charge is 0.156 e. The number of fused-ring (bicyclic) bond motifs is 2. The van der Waals surface area contributed by atoms with Crippen LogP contribution in [0.5, 0.6) is 0 Å². The van der Waals surface area contributed by atoms with Crippen molar-refractivity contribution in [1.29, 1.82) is 0 Å². The Morgan fingerprint density at radius 1 is 0.852 bits per heavy atom. The third-order valence-electron chi connectivity index (χ3n) is 3.72. The molecule has 0 bridgehead atoms. The van der Waals surface area contributed by atoms with Crippen molar-refractivity contribution < 1.29 is 0 Å². The second-order valence-electron chi connectivity index (χ2n) is 6.31. The highest BCUT2D eigenvalue weighted by molar-refractivity contribution is 8.23. The van der Waals surface area contributed by atoms with Gasteiger partial charge >= 0.3 is 0 Å². The number of benzene rings is 2. The predicted molar refractivity (Wildman–Crippen MR) is 122 cm³/mol. The minimum atomic E-state index is 0.381. The van der Waals surface area contributed by atoms with E-state index in [9.17, 15) is 0 Å². The molecule has 2 heterocycles. The first-order valence-corrected chi connectivity index (χ1v) is 11.9. The van der Waals surface area contributed by atoms with Crippen LogP contribution in [0.3, 0.4) is 0 Å². The van der Waals surface area contributed by atoms with Gasteiger partial charge in [0.2, 0.25) is 0 Å². The number of nitrogens with one attached hydrogen (secondary N) is 1. The van der Waals surface area contributed by atoms with Crippen LogP contribution in [0, 0.1) is 0 Å². The first kappa shape index (κ1) is 18.8. The van der Waals surface area contributed by atoms with Gasteiger partial charge in [-0.05, 0) is 68.6 Å². The summed E-state index contributed by atoms with van der Waals surface area (Å²) >= 11 is 6.92. The first-order chi connectivity index (χ1) is 13.1. The van der Waals surface area contributed by atoms with Crippen LogP contribution >= 0.6 is 46.2 Å². The SMILES string of the molecule is CC(NC(C)C)=C(Sc1nc2ccccc2s1)Sc1nc2ccccc2s1. The van der Waals surface area contributed by atoms with Crippen LogP contribution in [0.4, 0.5) is 0 Å². The summed E-state index contributed by atoms with van der Waals surface area (Å²) in [6.45, 7) is 6.45. The average Bonchev–Trinajstić information content (AvgIpc) is 3.23. The minimum Gasteiger partial charge on any atom is -0.385 e. The summed E-state index contributed by atoms with van der Waals surface area (Å²) in [6.07, 6.45) is 0. The molecule has 0 fully saturated rings. The molecule has 27 heavy (non-hydrogen) atoms. The van der Waals surface area contributed by atoms with Crippen molar-refractivity contribution in [3.05, 3.63) is 58.5 Å². The third kappa shape index (κ3) is 4.48. The number of thiazole rings is 2. The molecule has 0 unspecified atom stereocenters. The van der Waals surface area contributed by atoms with E-state index in [0.717, 1.165) is 19.7 Å². The van der Waals surface area contributed by atoms with Crippen molar-refractivity contribution in [3.63, 3.8) is 0 Å². The van der Waals surface area contributed by atoms with Crippen LogP contribution in [0.15, 0.2) is 67.1 Å². The van der Waals surface area contributed by atoms with Gasteiger partial charge in [-0.3, -0.25) is 0 Å². The van der Waals surface area contributed by atoms with Crippen molar-refractivity contribution in [1.82, 2.24) is 15.3 Å². The number of hydrogen-bond acceptors (Lipinski definition) is 7. The molecule has 0 aliphatic heterocycles. The van der Waals surface area contributed by atoms with Crippen LogP contribution in [0.25, 0.3) is 20.4 Å². The Kier molecular flexibility index (Phi) is 5.73. The largest absolute Gasteiger partial charge is 0.385 e. The summed E-state index contributed by atoms with van der Waals surface area (Å²) in [5.41, 5.74) is 3.28. The summed E-state index contributed by atoms with van der Waals surface area (Å²) in [6, 6.07) is 17.0. The zero-order valence-electron chi connectivity index (χ0n) is 15.2. The normalized spacial score (nSPS) is 11.4. The first-order valence-electron chi connectivity index (χ1n) is 8.63. The van der Waals surface area contributed by atoms with Gasteiger partial charge < -0.3 is 5.32 Å². The maximum Gasteiger partial charge on any atom is 0.156 e. The van der Waals surface area contributed by atoms with Crippen LogP contribution in [-0.4, -0.2) is 16.0 Å². The highest BCUT2D eigenvalue weighted by Gasteiger charge is 2.15. The second-order valence-corrected chi connectivity index (χ2v) is 11.1. The number of nitrogens with zero attached hydrogens (tertiary/aromatic N) is 2. The molecule has 0 amide bonds. The lowest BCUT2D eigenvalue weighted by Crippen LogP contribution is -2.20. The topological polar surface area (TPSA) is 37.8 Å². The van der Waals surface area contributed by atoms with E-state index in [4.69, 9.17) is 9.97 Å². The van der Waals surface area contributed by atoms with Gasteiger partial charge in [-0.25, -0.2) is 9.97 Å². The van der Waals surface area contributed by atoms with Crippen molar-refractivity contribution in [2.45, 2.75) is 35.5 Å². The van der Waals surface area contributed by atoms with Gasteiger partial charge in [-0.1, -0.05) is 24.3 Å². The summed E-state index contributed by atoms with van der Waals surface area (Å²) in [7, 11) is 0. The molecule has 1 N–H and O–H groups in total. The van der Waals surface area contributed by atoms with E-state index < -0.39 is 0 Å². The molecule has 0 saturated heterocycles. The van der Waals surface area contributed by atoms with Gasteiger partial charge in [0.1, 0.15) is 0 Å². The molecular weight excluding hydrogens is 411 g/mol. The highest BCUT2D eigenvalue weighted by atomic mass is 32.2. The van der Waals surface area contributed by atoms with E-state index in [2.05, 4.69) is 62.5 Å². The highest BCUT2D eigenvalue weighted by Crippen LogP contribution is 2.44. The molecule has 0 atom stereocenters. The molecule has 4 rings (SSSR count). The number of allylic oxidation sites excluding steroid dienone is 1. The molecule has 0 radical (unpaired) electrons. The van der Waals surface area contributed by atoms with E-state index in [-0.39, 0.29) is 0 Å². The molecular formula is C20H19N3S4. The number of thioether (sulfide) groups is 2.